The lowest BCUT2D eigenvalue weighted by molar-refractivity contribution is 0.202. The van der Waals surface area contributed by atoms with Crippen LogP contribution in [0.15, 0.2) is 16.8 Å². The van der Waals surface area contributed by atoms with Gasteiger partial charge in [0.1, 0.15) is 0 Å². The molecule has 52 valence electrons. The number of ether oxygens (including phenoxy) is 1. The molecule has 0 aromatic rings. The highest BCUT2D eigenvalue weighted by Crippen LogP contribution is 2.00. The summed E-state index contributed by atoms with van der Waals surface area (Å²) < 4.78 is 4.85. The second-order valence-corrected chi connectivity index (χ2v) is 1.68. The molecule has 0 N–H and O–H groups in total. The van der Waals surface area contributed by atoms with Crippen molar-refractivity contribution in [2.75, 3.05) is 13.7 Å². The van der Waals surface area contributed by atoms with Gasteiger partial charge in [-0.1, -0.05) is 6.08 Å². The summed E-state index contributed by atoms with van der Waals surface area (Å²) in [7, 11) is 1.68. The van der Waals surface area contributed by atoms with Crippen molar-refractivity contribution in [2.24, 2.45) is 4.99 Å². The Morgan fingerprint density at radius 1 is 1.78 bits per heavy atom. The van der Waals surface area contributed by atoms with Crippen LogP contribution < -0.4 is 0 Å². The minimum absolute atomic E-state index is 0.721. The van der Waals surface area contributed by atoms with Crippen LogP contribution in [0.2, 0.25) is 0 Å². The largest absolute Gasteiger partial charge is 0.384 e. The van der Waals surface area contributed by atoms with Crippen molar-refractivity contribution in [2.45, 2.75) is 13.3 Å². The molecule has 0 spiro atoms. The van der Waals surface area contributed by atoms with Crippen LogP contribution in [-0.2, 0) is 4.74 Å². The third-order valence-corrected chi connectivity index (χ3v) is 1.10. The van der Waals surface area contributed by atoms with Crippen LogP contribution >= 0.6 is 0 Å². The van der Waals surface area contributed by atoms with Crippen LogP contribution in [-0.4, -0.2) is 20.4 Å². The molecule has 2 nitrogen and oxygen atoms in total. The van der Waals surface area contributed by atoms with Crippen molar-refractivity contribution in [1.29, 1.82) is 0 Å². The van der Waals surface area contributed by atoms with Gasteiger partial charge in [0.25, 0.3) is 0 Å². The molecule has 0 fully saturated rings. The highest BCUT2D eigenvalue weighted by atomic mass is 16.5. The standard InChI is InChI=1S/C7H13NO/c1-4-7(8-2)5-6-9-3/h4H,2,5-6H2,1,3H3/b7-4-. The third kappa shape index (κ3) is 3.91. The van der Waals surface area contributed by atoms with Crippen molar-refractivity contribution in [3.8, 4) is 0 Å². The lowest BCUT2D eigenvalue weighted by Gasteiger charge is -1.96. The van der Waals surface area contributed by atoms with E-state index in [4.69, 9.17) is 4.74 Å². The van der Waals surface area contributed by atoms with Gasteiger partial charge in [-0.15, -0.1) is 0 Å². The van der Waals surface area contributed by atoms with Crippen LogP contribution in [0.1, 0.15) is 13.3 Å². The van der Waals surface area contributed by atoms with Crippen molar-refractivity contribution in [1.82, 2.24) is 0 Å². The summed E-state index contributed by atoms with van der Waals surface area (Å²) in [5.41, 5.74) is 0.997. The zero-order valence-corrected chi connectivity index (χ0v) is 6.05. The van der Waals surface area contributed by atoms with Crippen LogP contribution in [0, 0.1) is 0 Å². The van der Waals surface area contributed by atoms with Crippen LogP contribution in [0.3, 0.4) is 0 Å². The molecule has 0 saturated carbocycles. The summed E-state index contributed by atoms with van der Waals surface area (Å²) in [5.74, 6) is 0. The number of aliphatic imine (C=N–C) groups is 1. The van der Waals surface area contributed by atoms with E-state index in [1.54, 1.807) is 7.11 Å². The molecule has 0 heterocycles. The molecule has 0 unspecified atom stereocenters. The van der Waals surface area contributed by atoms with Crippen molar-refractivity contribution >= 4 is 6.72 Å². The van der Waals surface area contributed by atoms with Gasteiger partial charge in [-0.3, -0.25) is 4.99 Å². The van der Waals surface area contributed by atoms with Crippen LogP contribution in [0.4, 0.5) is 0 Å². The minimum atomic E-state index is 0.721. The molecule has 0 radical (unpaired) electrons. The van der Waals surface area contributed by atoms with Gasteiger partial charge in [0.15, 0.2) is 0 Å². The number of hydrogen-bond donors (Lipinski definition) is 0. The predicted octanol–water partition coefficient (Wildman–Crippen LogP) is 1.63. The first kappa shape index (κ1) is 8.37. The number of hydrogen-bond acceptors (Lipinski definition) is 2. The van der Waals surface area contributed by atoms with Gasteiger partial charge in [-0.25, -0.2) is 0 Å². The summed E-state index contributed by atoms with van der Waals surface area (Å²) in [6.45, 7) is 6.08. The molecule has 0 atom stereocenters. The fourth-order valence-electron chi connectivity index (χ4n) is 0.521. The van der Waals surface area contributed by atoms with Crippen LogP contribution in [0.25, 0.3) is 0 Å². The summed E-state index contributed by atoms with van der Waals surface area (Å²) in [6, 6.07) is 0. The Bertz CT molecular complexity index is 107. The summed E-state index contributed by atoms with van der Waals surface area (Å²) in [4.78, 5) is 3.78. The van der Waals surface area contributed by atoms with E-state index in [0.29, 0.717) is 0 Å². The monoisotopic (exact) mass is 127 g/mol. The van der Waals surface area contributed by atoms with Gasteiger partial charge >= 0.3 is 0 Å². The SMILES string of the molecule is C=N/C(=C\C)CCOC. The number of nitrogens with zero attached hydrogens (tertiary/aromatic N) is 1. The van der Waals surface area contributed by atoms with Crippen molar-refractivity contribution in [3.63, 3.8) is 0 Å². The molecule has 0 bridgehead atoms. The Labute approximate surface area is 56.2 Å². The number of methoxy groups -OCH3 is 1. The quantitative estimate of drug-likeness (QED) is 0.526. The maximum absolute atomic E-state index is 4.85. The molecule has 2 heteroatoms. The van der Waals surface area contributed by atoms with E-state index >= 15 is 0 Å². The fraction of sp³-hybridized carbons (Fsp3) is 0.571. The molecule has 0 aliphatic heterocycles. The highest BCUT2D eigenvalue weighted by Gasteiger charge is 1.88. The zero-order valence-electron chi connectivity index (χ0n) is 6.05. The van der Waals surface area contributed by atoms with Gasteiger partial charge in [-0.05, 0) is 13.6 Å². The Hall–Kier alpha value is -0.630. The first-order valence-corrected chi connectivity index (χ1v) is 2.96. The first-order chi connectivity index (χ1) is 4.35. The number of allylic oxidation sites excluding steroid dienone is 1. The Balaban J connectivity index is 3.45. The minimum Gasteiger partial charge on any atom is -0.384 e. The van der Waals surface area contributed by atoms with Gasteiger partial charge in [0.05, 0.1) is 6.61 Å². The lowest BCUT2D eigenvalue weighted by atomic mass is 10.3. The Kier molecular flexibility index (Phi) is 5.12. The summed E-state index contributed by atoms with van der Waals surface area (Å²) in [5, 5.41) is 0. The van der Waals surface area contributed by atoms with E-state index in [0.717, 1.165) is 18.7 Å². The molecule has 0 aromatic carbocycles. The molecule has 0 saturated heterocycles. The van der Waals surface area contributed by atoms with Gasteiger partial charge < -0.3 is 4.74 Å². The first-order valence-electron chi connectivity index (χ1n) is 2.96. The maximum Gasteiger partial charge on any atom is 0.0517 e. The second-order valence-electron chi connectivity index (χ2n) is 1.68. The smallest absolute Gasteiger partial charge is 0.0517 e. The van der Waals surface area contributed by atoms with E-state index in [9.17, 15) is 0 Å². The summed E-state index contributed by atoms with van der Waals surface area (Å²) >= 11 is 0. The fourth-order valence-corrected chi connectivity index (χ4v) is 0.521. The molecule has 0 aliphatic rings. The summed E-state index contributed by atoms with van der Waals surface area (Å²) in [6.07, 6.45) is 2.79. The molecule has 0 aliphatic carbocycles. The van der Waals surface area contributed by atoms with E-state index in [1.807, 2.05) is 13.0 Å². The second kappa shape index (κ2) is 5.51. The van der Waals surface area contributed by atoms with E-state index in [-0.39, 0.29) is 0 Å². The normalized spacial score (nSPS) is 11.6. The molecular formula is C7H13NO. The van der Waals surface area contributed by atoms with E-state index in [2.05, 4.69) is 11.7 Å². The Morgan fingerprint density at radius 3 is 2.78 bits per heavy atom. The molecule has 0 aromatic heterocycles. The third-order valence-electron chi connectivity index (χ3n) is 1.10. The molecule has 0 amide bonds. The van der Waals surface area contributed by atoms with Crippen molar-refractivity contribution < 1.29 is 4.74 Å². The van der Waals surface area contributed by atoms with Crippen molar-refractivity contribution in [3.05, 3.63) is 11.8 Å². The van der Waals surface area contributed by atoms with Crippen LogP contribution in [0.5, 0.6) is 0 Å². The Morgan fingerprint density at radius 2 is 2.44 bits per heavy atom. The van der Waals surface area contributed by atoms with E-state index in [1.165, 1.54) is 0 Å². The highest BCUT2D eigenvalue weighted by molar-refractivity contribution is 5.28. The van der Waals surface area contributed by atoms with Gasteiger partial charge in [0, 0.05) is 19.2 Å². The topological polar surface area (TPSA) is 21.6 Å². The van der Waals surface area contributed by atoms with Gasteiger partial charge in [0.2, 0.25) is 0 Å². The maximum atomic E-state index is 4.85. The average Bonchev–Trinajstić information content (AvgIpc) is 1.91. The molecular weight excluding hydrogens is 114 g/mol. The molecule has 0 rings (SSSR count). The lowest BCUT2D eigenvalue weighted by Crippen LogP contribution is -1.88. The number of rotatable bonds is 4. The van der Waals surface area contributed by atoms with E-state index < -0.39 is 0 Å². The molecule has 9 heavy (non-hydrogen) atoms. The van der Waals surface area contributed by atoms with Gasteiger partial charge in [-0.2, -0.15) is 0 Å². The predicted molar refractivity (Wildman–Crippen MR) is 39.8 cm³/mol. The zero-order chi connectivity index (χ0) is 7.11. The average molecular weight is 127 g/mol.